The number of allylic oxidation sites excluding steroid dienone is 1. The Hall–Kier alpha value is -3.09. The van der Waals surface area contributed by atoms with Crippen molar-refractivity contribution in [1.29, 1.82) is 0 Å². The molecule has 5 N–H and O–H groups in total. The smallest absolute Gasteiger partial charge is 0.0966 e. The first-order chi connectivity index (χ1) is 15.2. The quantitative estimate of drug-likeness (QED) is 0.400. The summed E-state index contributed by atoms with van der Waals surface area (Å²) in [6.07, 6.45) is 10.1. The molecule has 0 saturated carbocycles. The van der Waals surface area contributed by atoms with Gasteiger partial charge in [-0.05, 0) is 84.7 Å². The van der Waals surface area contributed by atoms with Crippen LogP contribution in [0, 0.1) is 0 Å². The van der Waals surface area contributed by atoms with Crippen LogP contribution in [0.3, 0.4) is 0 Å². The number of hydrogen-bond acceptors (Lipinski definition) is 5. The third kappa shape index (κ3) is 3.96. The second kappa shape index (κ2) is 8.57. The molecule has 5 rings (SSSR count). The van der Waals surface area contributed by atoms with E-state index in [1.165, 1.54) is 11.1 Å². The molecule has 1 aromatic carbocycles. The number of nitrogens with one attached hydrogen (secondary N) is 3. The summed E-state index contributed by atoms with van der Waals surface area (Å²) in [6, 6.07) is 10.3. The van der Waals surface area contributed by atoms with Gasteiger partial charge in [0.05, 0.1) is 18.4 Å². The first-order valence-corrected chi connectivity index (χ1v) is 11.0. The number of H-pyrrole nitrogens is 1. The van der Waals surface area contributed by atoms with E-state index in [0.717, 1.165) is 78.2 Å². The molecule has 6 nitrogen and oxygen atoms in total. The molecule has 0 radical (unpaired) electrons. The molecule has 1 atom stereocenters. The summed E-state index contributed by atoms with van der Waals surface area (Å²) in [4.78, 5) is 7.67. The molecule has 0 aliphatic heterocycles. The minimum absolute atomic E-state index is 0.0917. The van der Waals surface area contributed by atoms with Gasteiger partial charge in [-0.3, -0.25) is 4.98 Å². The third-order valence-corrected chi connectivity index (χ3v) is 6.32. The maximum Gasteiger partial charge on any atom is 0.0966 e. The highest BCUT2D eigenvalue weighted by atomic mass is 16.3. The van der Waals surface area contributed by atoms with Gasteiger partial charge in [0.25, 0.3) is 0 Å². The van der Waals surface area contributed by atoms with Crippen molar-refractivity contribution in [2.75, 3.05) is 23.8 Å². The molecule has 1 unspecified atom stereocenters. The van der Waals surface area contributed by atoms with Crippen molar-refractivity contribution in [3.05, 3.63) is 76.9 Å². The van der Waals surface area contributed by atoms with Gasteiger partial charge in [-0.25, -0.2) is 0 Å². The molecule has 0 saturated heterocycles. The molecule has 0 fully saturated rings. The first-order valence-electron chi connectivity index (χ1n) is 11.0. The van der Waals surface area contributed by atoms with Gasteiger partial charge in [0.15, 0.2) is 0 Å². The monoisotopic (exact) mass is 416 g/mol. The van der Waals surface area contributed by atoms with E-state index in [-0.39, 0.29) is 6.61 Å². The Morgan fingerprint density at radius 1 is 1.06 bits per heavy atom. The molecular formula is C25H28N4O2. The van der Waals surface area contributed by atoms with Crippen LogP contribution in [-0.2, 0) is 19.3 Å². The fraction of sp³-hybridized carbons (Fsp3) is 0.320. The molecule has 0 spiro atoms. The molecule has 0 amide bonds. The standard InChI is InChI=1S/C25H28N4O2/c30-15-17-2-1-3-20-16(14-28-24(17)20)10-12-26-18-4-6-19(7-5-18)29-22-11-13-27-25-21(22)8-9-23(25)31/h2,4-7,11,13-14,23,26,28,30-31H,1,3,8-10,12,15H2,(H,27,29). The highest BCUT2D eigenvalue weighted by molar-refractivity contribution is 5.69. The van der Waals surface area contributed by atoms with Crippen LogP contribution in [0.1, 0.15) is 47.0 Å². The largest absolute Gasteiger partial charge is 0.392 e. The highest BCUT2D eigenvalue weighted by Gasteiger charge is 2.24. The van der Waals surface area contributed by atoms with E-state index in [2.05, 4.69) is 57.1 Å². The fourth-order valence-electron chi connectivity index (χ4n) is 4.69. The fourth-order valence-corrected chi connectivity index (χ4v) is 4.69. The number of benzene rings is 1. The topological polar surface area (TPSA) is 93.2 Å². The number of aliphatic hydroxyl groups is 2. The van der Waals surface area contributed by atoms with Gasteiger partial charge in [0.2, 0.25) is 0 Å². The average Bonchev–Trinajstić information content (AvgIpc) is 3.39. The Balaban J connectivity index is 1.19. The van der Waals surface area contributed by atoms with Crippen LogP contribution in [0.15, 0.2) is 48.8 Å². The van der Waals surface area contributed by atoms with E-state index >= 15 is 0 Å². The van der Waals surface area contributed by atoms with E-state index in [1.54, 1.807) is 6.20 Å². The minimum Gasteiger partial charge on any atom is -0.392 e. The SMILES string of the molecule is OCC1=CCCc2c(CCNc3ccc(Nc4ccnc5c4CCC5O)cc3)c[nH]c21. The lowest BCUT2D eigenvalue weighted by Crippen LogP contribution is -2.07. The van der Waals surface area contributed by atoms with Gasteiger partial charge in [-0.1, -0.05) is 6.08 Å². The van der Waals surface area contributed by atoms with Crippen LogP contribution in [0.25, 0.3) is 5.57 Å². The van der Waals surface area contributed by atoms with Crippen molar-refractivity contribution >= 4 is 22.6 Å². The number of nitrogens with zero attached hydrogens (tertiary/aromatic N) is 1. The predicted molar refractivity (Wildman–Crippen MR) is 124 cm³/mol. The Bertz CT molecular complexity index is 1100. The molecule has 6 heteroatoms. The Morgan fingerprint density at radius 3 is 2.74 bits per heavy atom. The second-order valence-electron chi connectivity index (χ2n) is 8.25. The van der Waals surface area contributed by atoms with E-state index in [9.17, 15) is 10.2 Å². The van der Waals surface area contributed by atoms with Crippen molar-refractivity contribution in [2.24, 2.45) is 0 Å². The third-order valence-electron chi connectivity index (χ3n) is 6.32. The molecule has 3 aromatic rings. The molecule has 2 heterocycles. The summed E-state index contributed by atoms with van der Waals surface area (Å²) in [5.74, 6) is 0. The van der Waals surface area contributed by atoms with Crippen molar-refractivity contribution in [2.45, 2.75) is 38.2 Å². The van der Waals surface area contributed by atoms with Crippen molar-refractivity contribution < 1.29 is 10.2 Å². The summed E-state index contributed by atoms with van der Waals surface area (Å²) < 4.78 is 0. The summed E-state index contributed by atoms with van der Waals surface area (Å²) in [6.45, 7) is 0.944. The molecule has 2 aliphatic carbocycles. The van der Waals surface area contributed by atoms with Crippen LogP contribution in [0.2, 0.25) is 0 Å². The lowest BCUT2D eigenvalue weighted by molar-refractivity contribution is 0.176. The molecule has 160 valence electrons. The first kappa shape index (κ1) is 19.8. The van der Waals surface area contributed by atoms with Crippen LogP contribution in [0.5, 0.6) is 0 Å². The van der Waals surface area contributed by atoms with Gasteiger partial charge >= 0.3 is 0 Å². The lowest BCUT2D eigenvalue weighted by Gasteiger charge is -2.14. The summed E-state index contributed by atoms with van der Waals surface area (Å²) in [5.41, 5.74) is 9.84. The van der Waals surface area contributed by atoms with E-state index < -0.39 is 6.10 Å². The van der Waals surface area contributed by atoms with Gasteiger partial charge in [-0.2, -0.15) is 0 Å². The maximum absolute atomic E-state index is 10.0. The zero-order valence-electron chi connectivity index (χ0n) is 17.5. The Kier molecular flexibility index (Phi) is 5.49. The number of rotatable bonds is 7. The number of fused-ring (bicyclic) bond motifs is 2. The summed E-state index contributed by atoms with van der Waals surface area (Å²) >= 11 is 0. The molecule has 0 bridgehead atoms. The van der Waals surface area contributed by atoms with Crippen LogP contribution in [-0.4, -0.2) is 33.3 Å². The Morgan fingerprint density at radius 2 is 1.90 bits per heavy atom. The average molecular weight is 417 g/mol. The van der Waals surface area contributed by atoms with Gasteiger partial charge in [0.1, 0.15) is 0 Å². The maximum atomic E-state index is 10.0. The lowest BCUT2D eigenvalue weighted by atomic mass is 9.94. The number of pyridine rings is 1. The van der Waals surface area contributed by atoms with Crippen molar-refractivity contribution in [3.63, 3.8) is 0 Å². The van der Waals surface area contributed by atoms with Gasteiger partial charge < -0.3 is 25.8 Å². The molecular weight excluding hydrogens is 388 g/mol. The summed E-state index contributed by atoms with van der Waals surface area (Å²) in [7, 11) is 0. The highest BCUT2D eigenvalue weighted by Crippen LogP contribution is 2.35. The zero-order chi connectivity index (χ0) is 21.2. The van der Waals surface area contributed by atoms with Crippen molar-refractivity contribution in [3.8, 4) is 0 Å². The van der Waals surface area contributed by atoms with Crippen LogP contribution in [0.4, 0.5) is 17.1 Å². The predicted octanol–water partition coefficient (Wildman–Crippen LogP) is 4.11. The number of aliphatic hydroxyl groups excluding tert-OH is 2. The van der Waals surface area contributed by atoms with E-state index in [4.69, 9.17) is 0 Å². The van der Waals surface area contributed by atoms with Crippen LogP contribution >= 0.6 is 0 Å². The van der Waals surface area contributed by atoms with E-state index in [0.29, 0.717) is 0 Å². The summed E-state index contributed by atoms with van der Waals surface area (Å²) in [5, 5.41) is 26.5. The number of anilines is 3. The van der Waals surface area contributed by atoms with Crippen molar-refractivity contribution in [1.82, 2.24) is 9.97 Å². The Labute approximate surface area is 182 Å². The number of hydrogen-bond donors (Lipinski definition) is 5. The zero-order valence-corrected chi connectivity index (χ0v) is 17.5. The van der Waals surface area contributed by atoms with Crippen LogP contribution < -0.4 is 10.6 Å². The molecule has 31 heavy (non-hydrogen) atoms. The van der Waals surface area contributed by atoms with Gasteiger partial charge in [-0.15, -0.1) is 0 Å². The number of aromatic amines is 1. The minimum atomic E-state index is -0.444. The number of aromatic nitrogens is 2. The second-order valence-corrected chi connectivity index (χ2v) is 8.25. The van der Waals surface area contributed by atoms with E-state index in [1.807, 2.05) is 6.07 Å². The normalized spacial score (nSPS) is 17.1. The molecule has 2 aliphatic rings. The van der Waals surface area contributed by atoms with Gasteiger partial charge in [0, 0.05) is 41.7 Å². The molecule has 2 aromatic heterocycles.